The van der Waals surface area contributed by atoms with Gasteiger partial charge in [0, 0.05) is 20.0 Å². The Bertz CT molecular complexity index is 281. The second kappa shape index (κ2) is 4.85. The van der Waals surface area contributed by atoms with E-state index < -0.39 is 0 Å². The van der Waals surface area contributed by atoms with E-state index in [-0.39, 0.29) is 23.3 Å². The van der Waals surface area contributed by atoms with Crippen LogP contribution in [0.5, 0.6) is 0 Å². The summed E-state index contributed by atoms with van der Waals surface area (Å²) in [5.74, 6) is 0.0540. The molecule has 0 radical (unpaired) electrons. The van der Waals surface area contributed by atoms with Gasteiger partial charge in [-0.05, 0) is 18.3 Å². The highest BCUT2D eigenvalue weighted by molar-refractivity contribution is 5.88. The summed E-state index contributed by atoms with van der Waals surface area (Å²) < 4.78 is 0. The molecule has 0 aromatic rings. The predicted molar refractivity (Wildman–Crippen MR) is 62.9 cm³/mol. The molecule has 4 nitrogen and oxygen atoms in total. The van der Waals surface area contributed by atoms with Crippen molar-refractivity contribution in [2.75, 3.05) is 13.6 Å². The van der Waals surface area contributed by atoms with Crippen molar-refractivity contribution in [1.29, 1.82) is 0 Å². The molecule has 0 bridgehead atoms. The number of hydrogen-bond donors (Lipinski definition) is 1. The molecule has 1 heterocycles. The standard InChI is InChI=1S/C12H22N2O2/c1-12(2,3)8-10(15)14-7-5-6-9(14)11(16)13-4/h9H,5-8H2,1-4H3,(H,13,16). The van der Waals surface area contributed by atoms with E-state index in [0.29, 0.717) is 13.0 Å². The van der Waals surface area contributed by atoms with Crippen LogP contribution in [-0.2, 0) is 9.59 Å². The predicted octanol–water partition coefficient (Wildman–Crippen LogP) is 1.16. The van der Waals surface area contributed by atoms with E-state index in [1.54, 1.807) is 11.9 Å². The van der Waals surface area contributed by atoms with Gasteiger partial charge in [0.05, 0.1) is 0 Å². The van der Waals surface area contributed by atoms with Crippen molar-refractivity contribution in [3.05, 3.63) is 0 Å². The van der Waals surface area contributed by atoms with E-state index in [1.165, 1.54) is 0 Å². The molecular formula is C12H22N2O2. The Kier molecular flexibility index (Phi) is 3.94. The second-order valence-corrected chi connectivity index (χ2v) is 5.60. The van der Waals surface area contributed by atoms with Crippen LogP contribution in [0, 0.1) is 5.41 Å². The highest BCUT2D eigenvalue weighted by atomic mass is 16.2. The maximum absolute atomic E-state index is 12.0. The molecule has 0 spiro atoms. The van der Waals surface area contributed by atoms with E-state index in [2.05, 4.69) is 5.32 Å². The van der Waals surface area contributed by atoms with Crippen molar-refractivity contribution in [3.63, 3.8) is 0 Å². The minimum absolute atomic E-state index is 0.0209. The van der Waals surface area contributed by atoms with Crippen LogP contribution < -0.4 is 5.32 Å². The number of likely N-dealkylation sites (N-methyl/N-ethyl adjacent to an activating group) is 1. The molecule has 0 aromatic heterocycles. The summed E-state index contributed by atoms with van der Waals surface area (Å²) in [6.45, 7) is 6.83. The van der Waals surface area contributed by atoms with Crippen molar-refractivity contribution in [2.45, 2.75) is 46.1 Å². The number of nitrogens with one attached hydrogen (secondary N) is 1. The van der Waals surface area contributed by atoms with Gasteiger partial charge in [0.25, 0.3) is 0 Å². The van der Waals surface area contributed by atoms with Crippen LogP contribution >= 0.6 is 0 Å². The van der Waals surface area contributed by atoms with Crippen molar-refractivity contribution < 1.29 is 9.59 Å². The smallest absolute Gasteiger partial charge is 0.242 e. The van der Waals surface area contributed by atoms with Crippen LogP contribution in [0.15, 0.2) is 0 Å². The van der Waals surface area contributed by atoms with Crippen LogP contribution in [0.2, 0.25) is 0 Å². The summed E-state index contributed by atoms with van der Waals surface area (Å²) in [6.07, 6.45) is 2.21. The van der Waals surface area contributed by atoms with Gasteiger partial charge in [0.1, 0.15) is 6.04 Å². The molecule has 4 heteroatoms. The molecule has 92 valence electrons. The number of hydrogen-bond acceptors (Lipinski definition) is 2. The molecular weight excluding hydrogens is 204 g/mol. The quantitative estimate of drug-likeness (QED) is 0.768. The summed E-state index contributed by atoms with van der Waals surface area (Å²) in [6, 6.07) is -0.250. The Hall–Kier alpha value is -1.06. The molecule has 1 unspecified atom stereocenters. The Balaban J connectivity index is 2.65. The highest BCUT2D eigenvalue weighted by Crippen LogP contribution is 2.24. The van der Waals surface area contributed by atoms with E-state index in [4.69, 9.17) is 0 Å². The third-order valence-corrected chi connectivity index (χ3v) is 2.80. The molecule has 1 aliphatic rings. The van der Waals surface area contributed by atoms with Crippen LogP contribution in [0.1, 0.15) is 40.0 Å². The van der Waals surface area contributed by atoms with E-state index >= 15 is 0 Å². The normalized spacial score (nSPS) is 21.0. The molecule has 0 aromatic carbocycles. The third kappa shape index (κ3) is 3.22. The van der Waals surface area contributed by atoms with Crippen LogP contribution in [0.4, 0.5) is 0 Å². The molecule has 0 saturated carbocycles. The summed E-state index contributed by atoms with van der Waals surface area (Å²) >= 11 is 0. The topological polar surface area (TPSA) is 49.4 Å². The molecule has 1 saturated heterocycles. The fraction of sp³-hybridized carbons (Fsp3) is 0.833. The number of rotatable bonds is 2. The lowest BCUT2D eigenvalue weighted by atomic mass is 9.91. The van der Waals surface area contributed by atoms with Crippen LogP contribution in [0.3, 0.4) is 0 Å². The minimum Gasteiger partial charge on any atom is -0.357 e. The van der Waals surface area contributed by atoms with Gasteiger partial charge in [-0.15, -0.1) is 0 Å². The van der Waals surface area contributed by atoms with Gasteiger partial charge >= 0.3 is 0 Å². The molecule has 1 atom stereocenters. The zero-order chi connectivity index (χ0) is 12.3. The molecule has 1 aliphatic heterocycles. The average Bonchev–Trinajstić information content (AvgIpc) is 2.62. The first-order chi connectivity index (χ1) is 7.35. The van der Waals surface area contributed by atoms with Crippen molar-refractivity contribution in [1.82, 2.24) is 10.2 Å². The summed E-state index contributed by atoms with van der Waals surface area (Å²) in [5, 5.41) is 2.62. The monoisotopic (exact) mass is 226 g/mol. The highest BCUT2D eigenvalue weighted by Gasteiger charge is 2.34. The van der Waals surface area contributed by atoms with E-state index in [0.717, 1.165) is 12.8 Å². The molecule has 16 heavy (non-hydrogen) atoms. The van der Waals surface area contributed by atoms with E-state index in [9.17, 15) is 9.59 Å². The Morgan fingerprint density at radius 2 is 2.00 bits per heavy atom. The lowest BCUT2D eigenvalue weighted by Gasteiger charge is -2.27. The number of amides is 2. The van der Waals surface area contributed by atoms with Crippen LogP contribution in [-0.4, -0.2) is 36.3 Å². The lowest BCUT2D eigenvalue weighted by molar-refractivity contribution is -0.139. The molecule has 1 N–H and O–H groups in total. The van der Waals surface area contributed by atoms with Gasteiger partial charge in [0.15, 0.2) is 0 Å². The Labute approximate surface area is 97.4 Å². The van der Waals surface area contributed by atoms with Gasteiger partial charge in [-0.3, -0.25) is 9.59 Å². The summed E-state index contributed by atoms with van der Waals surface area (Å²) in [7, 11) is 1.62. The fourth-order valence-electron chi connectivity index (χ4n) is 2.06. The molecule has 2 amide bonds. The first-order valence-corrected chi connectivity index (χ1v) is 5.86. The minimum atomic E-state index is -0.250. The maximum Gasteiger partial charge on any atom is 0.242 e. The largest absolute Gasteiger partial charge is 0.357 e. The number of carbonyl (C=O) groups is 2. The van der Waals surface area contributed by atoms with Gasteiger partial charge < -0.3 is 10.2 Å². The zero-order valence-electron chi connectivity index (χ0n) is 10.7. The third-order valence-electron chi connectivity index (χ3n) is 2.80. The molecule has 1 fully saturated rings. The Morgan fingerprint density at radius 3 is 2.50 bits per heavy atom. The summed E-state index contributed by atoms with van der Waals surface area (Å²) in [4.78, 5) is 25.4. The number of nitrogens with zero attached hydrogens (tertiary/aromatic N) is 1. The van der Waals surface area contributed by atoms with Crippen molar-refractivity contribution in [2.24, 2.45) is 5.41 Å². The molecule has 0 aliphatic carbocycles. The van der Waals surface area contributed by atoms with Gasteiger partial charge in [0.2, 0.25) is 11.8 Å². The first kappa shape index (κ1) is 13.0. The SMILES string of the molecule is CNC(=O)C1CCCN1C(=O)CC(C)(C)C. The van der Waals surface area contributed by atoms with E-state index in [1.807, 2.05) is 20.8 Å². The lowest BCUT2D eigenvalue weighted by Crippen LogP contribution is -2.45. The first-order valence-electron chi connectivity index (χ1n) is 5.86. The fourth-order valence-corrected chi connectivity index (χ4v) is 2.06. The van der Waals surface area contributed by atoms with Crippen LogP contribution in [0.25, 0.3) is 0 Å². The van der Waals surface area contributed by atoms with Gasteiger partial charge in [-0.1, -0.05) is 20.8 Å². The van der Waals surface area contributed by atoms with Crippen molar-refractivity contribution in [3.8, 4) is 0 Å². The Morgan fingerprint density at radius 1 is 1.38 bits per heavy atom. The van der Waals surface area contributed by atoms with Gasteiger partial charge in [-0.25, -0.2) is 0 Å². The zero-order valence-corrected chi connectivity index (χ0v) is 10.7. The number of carbonyl (C=O) groups excluding carboxylic acids is 2. The number of likely N-dealkylation sites (tertiary alicyclic amines) is 1. The average molecular weight is 226 g/mol. The van der Waals surface area contributed by atoms with Gasteiger partial charge in [-0.2, -0.15) is 0 Å². The molecule has 1 rings (SSSR count). The van der Waals surface area contributed by atoms with Crippen molar-refractivity contribution >= 4 is 11.8 Å². The summed E-state index contributed by atoms with van der Waals surface area (Å²) in [5.41, 5.74) is -0.0209. The second-order valence-electron chi connectivity index (χ2n) is 5.60. The maximum atomic E-state index is 12.0.